The highest BCUT2D eigenvalue weighted by atomic mass is 16.6. The predicted molar refractivity (Wildman–Crippen MR) is 73.2 cm³/mol. The van der Waals surface area contributed by atoms with Gasteiger partial charge in [0.1, 0.15) is 5.75 Å². The van der Waals surface area contributed by atoms with Gasteiger partial charge in [-0.15, -0.1) is 0 Å². The van der Waals surface area contributed by atoms with Crippen LogP contribution in [0.4, 0.5) is 5.69 Å². The first-order valence-corrected chi connectivity index (χ1v) is 6.49. The summed E-state index contributed by atoms with van der Waals surface area (Å²) in [5.74, 6) is 0.265. The molecule has 0 heterocycles. The highest BCUT2D eigenvalue weighted by molar-refractivity contribution is 5.70. The second-order valence-electron chi connectivity index (χ2n) is 4.80. The van der Waals surface area contributed by atoms with Crippen molar-refractivity contribution in [2.75, 3.05) is 19.0 Å². The molecule has 3 N–H and O–H groups in total. The van der Waals surface area contributed by atoms with Crippen LogP contribution in [-0.4, -0.2) is 31.8 Å². The molecule has 1 fully saturated rings. The number of rotatable bonds is 5. The number of hydrogen-bond donors (Lipinski definition) is 2. The van der Waals surface area contributed by atoms with Gasteiger partial charge in [-0.2, -0.15) is 0 Å². The summed E-state index contributed by atoms with van der Waals surface area (Å²) in [5, 5.41) is 3.45. The van der Waals surface area contributed by atoms with Gasteiger partial charge in [-0.25, -0.2) is 4.79 Å². The van der Waals surface area contributed by atoms with E-state index >= 15 is 0 Å². The minimum Gasteiger partial charge on any atom is -0.482 e. The molecular formula is C14H20N2O3. The molecule has 0 saturated heterocycles. The highest BCUT2D eigenvalue weighted by Crippen LogP contribution is 2.23. The number of carbonyl (C=O) groups excluding carboxylic acids is 1. The van der Waals surface area contributed by atoms with Crippen LogP contribution in [0.2, 0.25) is 0 Å². The molecule has 104 valence electrons. The molecule has 0 spiro atoms. The molecule has 1 saturated carbocycles. The average molecular weight is 264 g/mol. The van der Waals surface area contributed by atoms with E-state index in [1.54, 1.807) is 0 Å². The smallest absolute Gasteiger partial charge is 0.343 e. The Morgan fingerprint density at radius 2 is 2.11 bits per heavy atom. The van der Waals surface area contributed by atoms with Gasteiger partial charge in [0, 0.05) is 17.8 Å². The number of methoxy groups -OCH3 is 1. The van der Waals surface area contributed by atoms with Crippen LogP contribution < -0.4 is 15.8 Å². The lowest BCUT2D eigenvalue weighted by molar-refractivity contribution is -0.142. The Morgan fingerprint density at radius 1 is 1.37 bits per heavy atom. The fraction of sp³-hybridized carbons (Fsp3) is 0.500. The summed E-state index contributed by atoms with van der Waals surface area (Å²) in [6, 6.07) is 8.32. The molecule has 1 aliphatic rings. The van der Waals surface area contributed by atoms with E-state index in [-0.39, 0.29) is 12.6 Å². The van der Waals surface area contributed by atoms with Gasteiger partial charge in [-0.1, -0.05) is 0 Å². The molecule has 1 aliphatic carbocycles. The van der Waals surface area contributed by atoms with Crippen molar-refractivity contribution in [1.29, 1.82) is 0 Å². The maximum absolute atomic E-state index is 10.9. The summed E-state index contributed by atoms with van der Waals surface area (Å²) in [4.78, 5) is 10.9. The number of ether oxygens (including phenoxy) is 2. The van der Waals surface area contributed by atoms with Crippen LogP contribution >= 0.6 is 0 Å². The topological polar surface area (TPSA) is 73.6 Å². The molecule has 0 aromatic heterocycles. The zero-order valence-electron chi connectivity index (χ0n) is 11.1. The van der Waals surface area contributed by atoms with Gasteiger partial charge in [0.25, 0.3) is 0 Å². The molecule has 0 bridgehead atoms. The van der Waals surface area contributed by atoms with Gasteiger partial charge >= 0.3 is 5.97 Å². The van der Waals surface area contributed by atoms with Crippen LogP contribution in [0.5, 0.6) is 5.75 Å². The highest BCUT2D eigenvalue weighted by Gasteiger charge is 2.21. The van der Waals surface area contributed by atoms with Crippen molar-refractivity contribution in [3.63, 3.8) is 0 Å². The van der Waals surface area contributed by atoms with Gasteiger partial charge < -0.3 is 20.5 Å². The van der Waals surface area contributed by atoms with Crippen LogP contribution in [0.3, 0.4) is 0 Å². The van der Waals surface area contributed by atoms with E-state index in [1.807, 2.05) is 24.3 Å². The van der Waals surface area contributed by atoms with Crippen LogP contribution in [0.1, 0.15) is 19.3 Å². The summed E-state index contributed by atoms with van der Waals surface area (Å²) in [6.07, 6.45) is 3.21. The molecule has 5 heteroatoms. The number of anilines is 1. The number of carbonyl (C=O) groups is 1. The zero-order valence-corrected chi connectivity index (χ0v) is 11.1. The average Bonchev–Trinajstić information content (AvgIpc) is 2.83. The second-order valence-corrected chi connectivity index (χ2v) is 4.80. The molecule has 2 unspecified atom stereocenters. The quantitative estimate of drug-likeness (QED) is 0.789. The Hall–Kier alpha value is -1.75. The summed E-state index contributed by atoms with van der Waals surface area (Å²) < 4.78 is 9.78. The summed E-state index contributed by atoms with van der Waals surface area (Å²) in [6.45, 7) is -0.0687. The third-order valence-electron chi connectivity index (χ3n) is 3.28. The lowest BCUT2D eigenvalue weighted by Crippen LogP contribution is -2.20. The number of benzene rings is 1. The standard InChI is InChI=1S/C14H20N2O3/c1-18-14(17)9-19-13-6-4-11(5-7-13)16-12-3-2-10(15)8-12/h4-7,10,12,16H,2-3,8-9,15H2,1H3. The van der Waals surface area contributed by atoms with E-state index in [1.165, 1.54) is 7.11 Å². The number of nitrogens with one attached hydrogen (secondary N) is 1. The maximum atomic E-state index is 10.9. The second kappa shape index (κ2) is 6.43. The summed E-state index contributed by atoms with van der Waals surface area (Å²) in [5.41, 5.74) is 6.93. The van der Waals surface area contributed by atoms with Crippen molar-refractivity contribution in [2.24, 2.45) is 5.73 Å². The lowest BCUT2D eigenvalue weighted by atomic mass is 10.2. The molecule has 1 aromatic rings. The van der Waals surface area contributed by atoms with Crippen molar-refractivity contribution in [2.45, 2.75) is 31.3 Å². The maximum Gasteiger partial charge on any atom is 0.343 e. The van der Waals surface area contributed by atoms with Crippen LogP contribution in [0.25, 0.3) is 0 Å². The largest absolute Gasteiger partial charge is 0.482 e. The molecule has 19 heavy (non-hydrogen) atoms. The van der Waals surface area contributed by atoms with Gasteiger partial charge in [0.05, 0.1) is 7.11 Å². The first-order valence-electron chi connectivity index (χ1n) is 6.49. The monoisotopic (exact) mass is 264 g/mol. The van der Waals surface area contributed by atoms with E-state index < -0.39 is 0 Å². The lowest BCUT2D eigenvalue weighted by Gasteiger charge is -2.14. The predicted octanol–water partition coefficient (Wildman–Crippen LogP) is 1.53. The molecule has 2 atom stereocenters. The Labute approximate surface area is 113 Å². The molecule has 2 rings (SSSR count). The fourth-order valence-electron chi connectivity index (χ4n) is 2.23. The number of hydrogen-bond acceptors (Lipinski definition) is 5. The van der Waals surface area contributed by atoms with Gasteiger partial charge in [-0.05, 0) is 43.5 Å². The van der Waals surface area contributed by atoms with E-state index in [0.717, 1.165) is 24.9 Å². The molecule has 1 aromatic carbocycles. The van der Waals surface area contributed by atoms with Crippen molar-refractivity contribution in [3.05, 3.63) is 24.3 Å². The molecule has 5 nitrogen and oxygen atoms in total. The normalized spacial score (nSPS) is 22.0. The molecule has 0 radical (unpaired) electrons. The van der Waals surface area contributed by atoms with Crippen LogP contribution in [-0.2, 0) is 9.53 Å². The van der Waals surface area contributed by atoms with Crippen LogP contribution in [0, 0.1) is 0 Å². The Morgan fingerprint density at radius 3 is 2.68 bits per heavy atom. The van der Waals surface area contributed by atoms with E-state index in [0.29, 0.717) is 17.8 Å². The Bertz CT molecular complexity index is 419. The summed E-state index contributed by atoms with van der Waals surface area (Å²) in [7, 11) is 1.34. The van der Waals surface area contributed by atoms with Gasteiger partial charge in [0.15, 0.2) is 6.61 Å². The van der Waals surface area contributed by atoms with E-state index in [2.05, 4.69) is 10.1 Å². The van der Waals surface area contributed by atoms with Crippen molar-refractivity contribution >= 4 is 11.7 Å². The minimum absolute atomic E-state index is 0.0687. The molecule has 0 amide bonds. The van der Waals surface area contributed by atoms with E-state index in [9.17, 15) is 4.79 Å². The SMILES string of the molecule is COC(=O)COc1ccc(NC2CCC(N)C2)cc1. The first kappa shape index (κ1) is 13.7. The van der Waals surface area contributed by atoms with Crippen molar-refractivity contribution in [1.82, 2.24) is 0 Å². The fourth-order valence-corrected chi connectivity index (χ4v) is 2.23. The van der Waals surface area contributed by atoms with Crippen LogP contribution in [0.15, 0.2) is 24.3 Å². The minimum atomic E-state index is -0.387. The number of nitrogens with two attached hydrogens (primary N) is 1. The molecular weight excluding hydrogens is 244 g/mol. The zero-order chi connectivity index (χ0) is 13.7. The molecule has 0 aliphatic heterocycles. The van der Waals surface area contributed by atoms with Gasteiger partial charge in [0.2, 0.25) is 0 Å². The van der Waals surface area contributed by atoms with Crippen molar-refractivity contribution < 1.29 is 14.3 Å². The van der Waals surface area contributed by atoms with E-state index in [4.69, 9.17) is 10.5 Å². The first-order chi connectivity index (χ1) is 9.17. The Kier molecular flexibility index (Phi) is 4.63. The Balaban J connectivity index is 1.82. The van der Waals surface area contributed by atoms with Gasteiger partial charge in [-0.3, -0.25) is 0 Å². The third kappa shape index (κ3) is 4.13. The number of esters is 1. The third-order valence-corrected chi connectivity index (χ3v) is 3.28. The van der Waals surface area contributed by atoms with Crippen molar-refractivity contribution in [3.8, 4) is 5.75 Å². The summed E-state index contributed by atoms with van der Waals surface area (Å²) >= 11 is 0.